The van der Waals surface area contributed by atoms with Gasteiger partial charge in [-0.2, -0.15) is 0 Å². The number of aromatic hydroxyl groups is 1. The van der Waals surface area contributed by atoms with Crippen molar-refractivity contribution >= 4 is 28.3 Å². The molecular formula is C11H15BrClNO2. The van der Waals surface area contributed by atoms with Gasteiger partial charge in [0.25, 0.3) is 0 Å². The second-order valence-corrected chi connectivity index (χ2v) is 3.90. The molecule has 0 radical (unpaired) electrons. The van der Waals surface area contributed by atoms with Crippen LogP contribution >= 0.6 is 28.3 Å². The summed E-state index contributed by atoms with van der Waals surface area (Å²) < 4.78 is 5.85. The summed E-state index contributed by atoms with van der Waals surface area (Å²) in [6, 6.07) is 3.21. The van der Waals surface area contributed by atoms with Crippen LogP contribution in [0.3, 0.4) is 0 Å². The summed E-state index contributed by atoms with van der Waals surface area (Å²) in [5.74, 6) is 0.524. The average molecular weight is 309 g/mol. The quantitative estimate of drug-likeness (QED) is 0.840. The SMILES string of the molecule is C=C[C@H](N)c1cc(Br)c(O)c(OCC)c1.Cl. The molecule has 1 rings (SSSR count). The molecule has 0 spiro atoms. The van der Waals surface area contributed by atoms with Gasteiger partial charge in [-0.05, 0) is 40.5 Å². The minimum atomic E-state index is -0.263. The van der Waals surface area contributed by atoms with Gasteiger partial charge in [0.1, 0.15) is 0 Å². The van der Waals surface area contributed by atoms with E-state index >= 15 is 0 Å². The highest BCUT2D eigenvalue weighted by Crippen LogP contribution is 2.36. The van der Waals surface area contributed by atoms with Gasteiger partial charge in [-0.3, -0.25) is 0 Å². The fraction of sp³-hybridized carbons (Fsp3) is 0.273. The Morgan fingerprint density at radius 2 is 2.25 bits per heavy atom. The number of hydrogen-bond donors (Lipinski definition) is 2. The fourth-order valence-corrected chi connectivity index (χ4v) is 1.65. The fourth-order valence-electron chi connectivity index (χ4n) is 1.19. The molecule has 5 heteroatoms. The molecule has 0 aromatic heterocycles. The van der Waals surface area contributed by atoms with Crippen molar-refractivity contribution in [3.63, 3.8) is 0 Å². The van der Waals surface area contributed by atoms with Gasteiger partial charge in [0.15, 0.2) is 11.5 Å². The van der Waals surface area contributed by atoms with Crippen LogP contribution < -0.4 is 10.5 Å². The van der Waals surface area contributed by atoms with Gasteiger partial charge in [-0.1, -0.05) is 6.08 Å². The third-order valence-corrected chi connectivity index (χ3v) is 2.59. The second-order valence-electron chi connectivity index (χ2n) is 3.04. The maximum Gasteiger partial charge on any atom is 0.172 e. The molecule has 1 aromatic carbocycles. The van der Waals surface area contributed by atoms with E-state index < -0.39 is 0 Å². The highest BCUT2D eigenvalue weighted by molar-refractivity contribution is 9.10. The first kappa shape index (κ1) is 15.3. The Morgan fingerprint density at radius 1 is 1.62 bits per heavy atom. The summed E-state index contributed by atoms with van der Waals surface area (Å²) in [4.78, 5) is 0. The molecule has 1 aromatic rings. The van der Waals surface area contributed by atoms with Crippen LogP contribution in [0.4, 0.5) is 0 Å². The van der Waals surface area contributed by atoms with Crippen molar-refractivity contribution in [3.8, 4) is 11.5 Å². The van der Waals surface area contributed by atoms with Crippen molar-refractivity contribution in [2.24, 2.45) is 5.73 Å². The molecule has 0 aliphatic carbocycles. The zero-order chi connectivity index (χ0) is 11.4. The number of rotatable bonds is 4. The van der Waals surface area contributed by atoms with Gasteiger partial charge in [-0.15, -0.1) is 19.0 Å². The average Bonchev–Trinajstić information content (AvgIpc) is 2.23. The van der Waals surface area contributed by atoms with Gasteiger partial charge in [0.05, 0.1) is 11.1 Å². The van der Waals surface area contributed by atoms with Crippen LogP contribution in [0.15, 0.2) is 29.3 Å². The van der Waals surface area contributed by atoms with Crippen molar-refractivity contribution in [1.82, 2.24) is 0 Å². The number of nitrogens with two attached hydrogens (primary N) is 1. The number of ether oxygens (including phenoxy) is 1. The molecule has 0 aliphatic rings. The van der Waals surface area contributed by atoms with Crippen LogP contribution in [0.2, 0.25) is 0 Å². The van der Waals surface area contributed by atoms with Crippen LogP contribution in [0.25, 0.3) is 0 Å². The molecule has 1 atom stereocenters. The number of phenolic OH excluding ortho intramolecular Hbond substituents is 1. The molecule has 3 nitrogen and oxygen atoms in total. The van der Waals surface area contributed by atoms with Crippen LogP contribution in [0.1, 0.15) is 18.5 Å². The van der Waals surface area contributed by atoms with Crippen molar-refractivity contribution in [1.29, 1.82) is 0 Å². The van der Waals surface area contributed by atoms with E-state index in [0.29, 0.717) is 16.8 Å². The summed E-state index contributed by atoms with van der Waals surface area (Å²) in [5, 5.41) is 9.67. The van der Waals surface area contributed by atoms with E-state index in [2.05, 4.69) is 22.5 Å². The summed E-state index contributed by atoms with van der Waals surface area (Å²) in [6.45, 7) is 5.97. The van der Waals surface area contributed by atoms with E-state index in [4.69, 9.17) is 10.5 Å². The summed E-state index contributed by atoms with van der Waals surface area (Å²) in [5.41, 5.74) is 6.65. The van der Waals surface area contributed by atoms with E-state index in [1.807, 2.05) is 6.92 Å². The van der Waals surface area contributed by atoms with Crippen LogP contribution in [0.5, 0.6) is 11.5 Å². The van der Waals surface area contributed by atoms with Gasteiger partial charge in [0, 0.05) is 6.04 Å². The largest absolute Gasteiger partial charge is 0.503 e. The van der Waals surface area contributed by atoms with E-state index in [9.17, 15) is 5.11 Å². The predicted octanol–water partition coefficient (Wildman–Crippen LogP) is 3.16. The van der Waals surface area contributed by atoms with E-state index in [0.717, 1.165) is 5.56 Å². The molecule has 3 N–H and O–H groups in total. The standard InChI is InChI=1S/C11H14BrNO2.ClH/c1-3-9(13)7-5-8(12)11(14)10(6-7)15-4-2;/h3,5-6,9,14H,1,4,13H2,2H3;1H/t9-;/m0./s1. The van der Waals surface area contributed by atoms with Gasteiger partial charge >= 0.3 is 0 Å². The van der Waals surface area contributed by atoms with Gasteiger partial charge in [-0.25, -0.2) is 0 Å². The molecule has 0 fully saturated rings. The molecule has 0 saturated heterocycles. The minimum absolute atomic E-state index is 0. The molecule has 0 saturated carbocycles. The first-order valence-electron chi connectivity index (χ1n) is 4.63. The Kier molecular flexibility index (Phi) is 6.48. The summed E-state index contributed by atoms with van der Waals surface area (Å²) in [6.07, 6.45) is 1.63. The Bertz CT molecular complexity index is 371. The minimum Gasteiger partial charge on any atom is -0.503 e. The highest BCUT2D eigenvalue weighted by Gasteiger charge is 2.11. The Morgan fingerprint density at radius 3 is 2.75 bits per heavy atom. The Balaban J connectivity index is 0.00000225. The molecular weight excluding hydrogens is 293 g/mol. The van der Waals surface area contributed by atoms with Gasteiger partial charge < -0.3 is 15.6 Å². The molecule has 0 amide bonds. The zero-order valence-corrected chi connectivity index (χ0v) is 11.3. The van der Waals surface area contributed by atoms with Crippen LogP contribution in [-0.2, 0) is 0 Å². The third kappa shape index (κ3) is 3.40. The smallest absolute Gasteiger partial charge is 0.172 e. The molecule has 0 heterocycles. The first-order valence-corrected chi connectivity index (χ1v) is 5.42. The summed E-state index contributed by atoms with van der Waals surface area (Å²) >= 11 is 3.24. The maximum atomic E-state index is 9.67. The number of benzene rings is 1. The highest BCUT2D eigenvalue weighted by atomic mass is 79.9. The van der Waals surface area contributed by atoms with E-state index in [1.54, 1.807) is 18.2 Å². The molecule has 0 unspecified atom stereocenters. The van der Waals surface area contributed by atoms with Crippen molar-refractivity contribution in [2.45, 2.75) is 13.0 Å². The Hall–Kier alpha value is -0.710. The maximum absolute atomic E-state index is 9.67. The lowest BCUT2D eigenvalue weighted by Crippen LogP contribution is -2.07. The molecule has 90 valence electrons. The summed E-state index contributed by atoms with van der Waals surface area (Å²) in [7, 11) is 0. The number of halogens is 2. The van der Waals surface area contributed by atoms with Gasteiger partial charge in [0.2, 0.25) is 0 Å². The van der Waals surface area contributed by atoms with Crippen molar-refractivity contribution in [2.75, 3.05) is 6.61 Å². The van der Waals surface area contributed by atoms with Crippen LogP contribution in [0, 0.1) is 0 Å². The number of hydrogen-bond acceptors (Lipinski definition) is 3. The number of phenols is 1. The van der Waals surface area contributed by atoms with Crippen molar-refractivity contribution in [3.05, 3.63) is 34.8 Å². The normalized spacial score (nSPS) is 11.4. The second kappa shape index (κ2) is 6.78. The molecule has 0 bridgehead atoms. The third-order valence-electron chi connectivity index (χ3n) is 1.99. The lowest BCUT2D eigenvalue weighted by molar-refractivity contribution is 0.317. The monoisotopic (exact) mass is 307 g/mol. The molecule has 16 heavy (non-hydrogen) atoms. The lowest BCUT2D eigenvalue weighted by Gasteiger charge is -2.12. The molecule has 0 aliphatic heterocycles. The van der Waals surface area contributed by atoms with E-state index in [1.165, 1.54) is 0 Å². The predicted molar refractivity (Wildman–Crippen MR) is 71.3 cm³/mol. The van der Waals surface area contributed by atoms with E-state index in [-0.39, 0.29) is 24.2 Å². The zero-order valence-electron chi connectivity index (χ0n) is 8.94. The Labute approximate surface area is 110 Å². The first-order chi connectivity index (χ1) is 7.10. The topological polar surface area (TPSA) is 55.5 Å². The van der Waals surface area contributed by atoms with Crippen molar-refractivity contribution < 1.29 is 9.84 Å². The van der Waals surface area contributed by atoms with Crippen LogP contribution in [-0.4, -0.2) is 11.7 Å². The lowest BCUT2D eigenvalue weighted by atomic mass is 10.1.